The highest BCUT2D eigenvalue weighted by atomic mass is 79.9. The van der Waals surface area contributed by atoms with E-state index in [0.717, 1.165) is 21.4 Å². The molecule has 3 aromatic rings. The van der Waals surface area contributed by atoms with Gasteiger partial charge in [0.1, 0.15) is 0 Å². The second-order valence-electron chi connectivity index (χ2n) is 6.01. The number of aryl methyl sites for hydroxylation is 1. The van der Waals surface area contributed by atoms with Gasteiger partial charge < -0.3 is 10.2 Å². The summed E-state index contributed by atoms with van der Waals surface area (Å²) in [5.74, 6) is 0. The smallest absolute Gasteiger partial charge is 0.173 e. The van der Waals surface area contributed by atoms with Gasteiger partial charge in [0.05, 0.1) is 41.3 Å². The highest BCUT2D eigenvalue weighted by Gasteiger charge is 2.12. The molecule has 0 fully saturated rings. The monoisotopic (exact) mass is 486 g/mol. The minimum absolute atomic E-state index is 0.544. The van der Waals surface area contributed by atoms with Crippen LogP contribution in [0.3, 0.4) is 0 Å². The van der Waals surface area contributed by atoms with Crippen molar-refractivity contribution in [3.63, 3.8) is 0 Å². The topological polar surface area (TPSA) is 50.9 Å². The van der Waals surface area contributed by atoms with Crippen molar-refractivity contribution in [2.24, 2.45) is 7.05 Å². The van der Waals surface area contributed by atoms with Gasteiger partial charge in [0.25, 0.3) is 0 Å². The quantitative estimate of drug-likeness (QED) is 0.534. The minimum Gasteiger partial charge on any atom is -0.346 e. The van der Waals surface area contributed by atoms with E-state index in [9.17, 15) is 0 Å². The molecule has 27 heavy (non-hydrogen) atoms. The van der Waals surface area contributed by atoms with Gasteiger partial charge in [-0.2, -0.15) is 10.2 Å². The van der Waals surface area contributed by atoms with Crippen LogP contribution >= 0.6 is 51.3 Å². The van der Waals surface area contributed by atoms with E-state index < -0.39 is 0 Å². The van der Waals surface area contributed by atoms with Crippen LogP contribution in [0.15, 0.2) is 41.3 Å². The maximum absolute atomic E-state index is 6.23. The van der Waals surface area contributed by atoms with Crippen LogP contribution in [-0.2, 0) is 20.1 Å². The molecule has 2 heterocycles. The Balaban J connectivity index is 1.62. The lowest BCUT2D eigenvalue weighted by Crippen LogP contribution is -2.31. The van der Waals surface area contributed by atoms with Crippen LogP contribution in [0.4, 0.5) is 5.69 Å². The number of rotatable bonds is 5. The first-order chi connectivity index (χ1) is 12.8. The van der Waals surface area contributed by atoms with Crippen LogP contribution in [-0.4, -0.2) is 36.6 Å². The summed E-state index contributed by atoms with van der Waals surface area (Å²) in [7, 11) is 3.82. The standard InChI is InChI=1S/C17H17BrCl2N6S/c1-24(10-16-14(18)7-21-25(16)2)17(27)23-13-6-22-26(9-13)8-11-3-4-12(19)5-15(11)20/h3-7,9H,8,10H2,1-2H3,(H,23,27). The predicted octanol–water partition coefficient (Wildman–Crippen LogP) is 4.56. The number of hydrogen-bond acceptors (Lipinski definition) is 3. The first-order valence-corrected chi connectivity index (χ1v) is 9.94. The predicted molar refractivity (Wildman–Crippen MR) is 116 cm³/mol. The maximum atomic E-state index is 6.23. The molecule has 0 saturated carbocycles. The molecule has 10 heteroatoms. The number of nitrogens with zero attached hydrogens (tertiary/aromatic N) is 5. The second kappa shape index (κ2) is 8.60. The van der Waals surface area contributed by atoms with Crippen molar-refractivity contribution >= 4 is 62.1 Å². The molecule has 0 saturated heterocycles. The molecule has 0 spiro atoms. The maximum Gasteiger partial charge on any atom is 0.173 e. The number of anilines is 1. The van der Waals surface area contributed by atoms with Gasteiger partial charge >= 0.3 is 0 Å². The Bertz CT molecular complexity index is 951. The van der Waals surface area contributed by atoms with Crippen molar-refractivity contribution in [3.8, 4) is 0 Å². The summed E-state index contributed by atoms with van der Waals surface area (Å²) in [5.41, 5.74) is 2.78. The summed E-state index contributed by atoms with van der Waals surface area (Å²) in [6, 6.07) is 5.43. The van der Waals surface area contributed by atoms with E-state index >= 15 is 0 Å². The van der Waals surface area contributed by atoms with Crippen LogP contribution in [0.25, 0.3) is 0 Å². The van der Waals surface area contributed by atoms with Gasteiger partial charge in [-0.3, -0.25) is 9.36 Å². The minimum atomic E-state index is 0.544. The van der Waals surface area contributed by atoms with Crippen LogP contribution in [0, 0.1) is 0 Å². The van der Waals surface area contributed by atoms with Gasteiger partial charge in [-0.15, -0.1) is 0 Å². The van der Waals surface area contributed by atoms with Gasteiger partial charge in [-0.25, -0.2) is 0 Å². The fourth-order valence-corrected chi connectivity index (χ4v) is 3.59. The zero-order valence-electron chi connectivity index (χ0n) is 14.7. The molecule has 0 unspecified atom stereocenters. The number of aromatic nitrogens is 4. The molecule has 142 valence electrons. The van der Waals surface area contributed by atoms with Crippen LogP contribution < -0.4 is 5.32 Å². The molecule has 1 N–H and O–H groups in total. The van der Waals surface area contributed by atoms with Crippen molar-refractivity contribution in [1.29, 1.82) is 0 Å². The molecular formula is C17H17BrCl2N6S. The SMILES string of the molecule is CN(Cc1c(Br)cnn1C)C(=S)Nc1cnn(Cc2ccc(Cl)cc2Cl)c1. The Morgan fingerprint density at radius 1 is 1.30 bits per heavy atom. The molecule has 0 bridgehead atoms. The molecular weight excluding hydrogens is 471 g/mol. The fraction of sp³-hybridized carbons (Fsp3) is 0.235. The molecule has 6 nitrogen and oxygen atoms in total. The van der Waals surface area contributed by atoms with Gasteiger partial charge in [0, 0.05) is 30.3 Å². The van der Waals surface area contributed by atoms with Crippen molar-refractivity contribution in [2.45, 2.75) is 13.1 Å². The molecule has 0 atom stereocenters. The average Bonchev–Trinajstić information content (AvgIpc) is 3.18. The molecule has 1 aromatic carbocycles. The Hall–Kier alpha value is -1.61. The normalized spacial score (nSPS) is 10.9. The summed E-state index contributed by atoms with van der Waals surface area (Å²) in [6.07, 6.45) is 5.38. The Labute approximate surface area is 181 Å². The van der Waals surface area contributed by atoms with Gasteiger partial charge in [-0.05, 0) is 45.8 Å². The van der Waals surface area contributed by atoms with E-state index in [1.807, 2.05) is 42.0 Å². The summed E-state index contributed by atoms with van der Waals surface area (Å²) >= 11 is 21.2. The Morgan fingerprint density at radius 2 is 2.07 bits per heavy atom. The first kappa shape index (κ1) is 20.1. The molecule has 2 aromatic heterocycles. The molecule has 0 aliphatic carbocycles. The van der Waals surface area contributed by atoms with Crippen molar-refractivity contribution in [1.82, 2.24) is 24.5 Å². The molecule has 0 radical (unpaired) electrons. The zero-order valence-corrected chi connectivity index (χ0v) is 18.6. The summed E-state index contributed by atoms with van der Waals surface area (Å²) in [6.45, 7) is 1.17. The number of benzene rings is 1. The van der Waals surface area contributed by atoms with E-state index in [-0.39, 0.29) is 0 Å². The van der Waals surface area contributed by atoms with E-state index in [1.54, 1.807) is 23.1 Å². The number of nitrogens with one attached hydrogen (secondary N) is 1. The van der Waals surface area contributed by atoms with Crippen molar-refractivity contribution < 1.29 is 0 Å². The highest BCUT2D eigenvalue weighted by molar-refractivity contribution is 9.10. The number of thiocarbonyl (C=S) groups is 1. The zero-order chi connectivity index (χ0) is 19.6. The summed E-state index contributed by atoms with van der Waals surface area (Å²) in [5, 5.41) is 13.6. The van der Waals surface area contributed by atoms with Crippen LogP contribution in [0.2, 0.25) is 10.0 Å². The van der Waals surface area contributed by atoms with Crippen LogP contribution in [0.1, 0.15) is 11.3 Å². The lowest BCUT2D eigenvalue weighted by atomic mass is 10.2. The third-order valence-electron chi connectivity index (χ3n) is 3.98. The lowest BCUT2D eigenvalue weighted by Gasteiger charge is -2.20. The summed E-state index contributed by atoms with van der Waals surface area (Å²) < 4.78 is 4.56. The summed E-state index contributed by atoms with van der Waals surface area (Å²) in [4.78, 5) is 1.94. The van der Waals surface area contributed by atoms with Crippen LogP contribution in [0.5, 0.6) is 0 Å². The largest absolute Gasteiger partial charge is 0.346 e. The molecule has 0 aliphatic rings. The van der Waals surface area contributed by atoms with E-state index in [0.29, 0.717) is 28.2 Å². The van der Waals surface area contributed by atoms with Crippen molar-refractivity contribution in [3.05, 3.63) is 62.6 Å². The first-order valence-electron chi connectivity index (χ1n) is 7.98. The number of hydrogen-bond donors (Lipinski definition) is 1. The molecule has 0 aliphatic heterocycles. The van der Waals surface area contributed by atoms with Gasteiger partial charge in [0.15, 0.2) is 5.11 Å². The van der Waals surface area contributed by atoms with E-state index in [4.69, 9.17) is 35.4 Å². The molecule has 0 amide bonds. The Kier molecular flexibility index (Phi) is 6.41. The fourth-order valence-electron chi connectivity index (χ4n) is 2.47. The van der Waals surface area contributed by atoms with E-state index in [2.05, 4.69) is 31.4 Å². The second-order valence-corrected chi connectivity index (χ2v) is 8.10. The highest BCUT2D eigenvalue weighted by Crippen LogP contribution is 2.22. The third-order valence-corrected chi connectivity index (χ3v) is 5.64. The average molecular weight is 488 g/mol. The van der Waals surface area contributed by atoms with Gasteiger partial charge in [-0.1, -0.05) is 29.3 Å². The van der Waals surface area contributed by atoms with Gasteiger partial charge in [0.2, 0.25) is 0 Å². The van der Waals surface area contributed by atoms with Crippen molar-refractivity contribution in [2.75, 3.05) is 12.4 Å². The Morgan fingerprint density at radius 3 is 2.74 bits per heavy atom. The lowest BCUT2D eigenvalue weighted by molar-refractivity contribution is 0.481. The molecule has 3 rings (SSSR count). The van der Waals surface area contributed by atoms with E-state index in [1.165, 1.54) is 0 Å². The third kappa shape index (κ3) is 5.01. The number of halogens is 3.